The summed E-state index contributed by atoms with van der Waals surface area (Å²) in [6, 6.07) is -1.35. The van der Waals surface area contributed by atoms with Crippen molar-refractivity contribution in [2.75, 3.05) is 6.61 Å². The zero-order valence-corrected chi connectivity index (χ0v) is 11.0. The third-order valence-corrected chi connectivity index (χ3v) is 1.75. The van der Waals surface area contributed by atoms with Gasteiger partial charge >= 0.3 is 12.1 Å². The molecule has 0 aliphatic heterocycles. The van der Waals surface area contributed by atoms with E-state index in [0.717, 1.165) is 0 Å². The lowest BCUT2D eigenvalue weighted by Crippen LogP contribution is -2.56. The Labute approximate surface area is 110 Å². The number of amides is 2. The molecule has 0 aromatic carbocycles. The summed E-state index contributed by atoms with van der Waals surface area (Å²) in [6.07, 6.45) is -2.53. The molecule has 0 heterocycles. The number of carboxylic acid groups (broad SMARTS) is 1. The number of hydrogen-bond acceptors (Lipinski definition) is 6. The molecule has 0 radical (unpaired) electrons. The highest BCUT2D eigenvalue weighted by Crippen LogP contribution is 2.06. The van der Waals surface area contributed by atoms with Crippen LogP contribution in [0.25, 0.3) is 0 Å². The van der Waals surface area contributed by atoms with Gasteiger partial charge in [-0.15, -0.1) is 0 Å². The van der Waals surface area contributed by atoms with Crippen LogP contribution in [0.2, 0.25) is 0 Å². The first-order valence-corrected chi connectivity index (χ1v) is 5.46. The molecule has 0 aliphatic carbocycles. The van der Waals surface area contributed by atoms with Crippen LogP contribution in [-0.4, -0.2) is 52.6 Å². The molecule has 0 rings (SSSR count). The first-order valence-electron chi connectivity index (χ1n) is 5.46. The minimum atomic E-state index is -1.62. The highest BCUT2D eigenvalue weighted by Gasteiger charge is 2.26. The summed E-state index contributed by atoms with van der Waals surface area (Å²) in [5.41, 5.74) is 4.32. The zero-order chi connectivity index (χ0) is 15.2. The van der Waals surface area contributed by atoms with Gasteiger partial charge in [0.05, 0.1) is 6.61 Å². The van der Waals surface area contributed by atoms with E-state index >= 15 is 0 Å². The van der Waals surface area contributed by atoms with E-state index in [1.165, 1.54) is 0 Å². The molecule has 0 bridgehead atoms. The number of carboxylic acids is 1. The van der Waals surface area contributed by atoms with E-state index in [-0.39, 0.29) is 0 Å². The molecular formula is C10H19N3O6. The monoisotopic (exact) mass is 277 g/mol. The molecule has 0 aromatic heterocycles. The topological polar surface area (TPSA) is 151 Å². The van der Waals surface area contributed by atoms with Gasteiger partial charge in [0.2, 0.25) is 5.91 Å². The van der Waals surface area contributed by atoms with Crippen LogP contribution >= 0.6 is 0 Å². The summed E-state index contributed by atoms with van der Waals surface area (Å²) in [6.45, 7) is 4.15. The van der Waals surface area contributed by atoms with Crippen LogP contribution in [0, 0.1) is 0 Å². The van der Waals surface area contributed by atoms with Crippen molar-refractivity contribution in [3.05, 3.63) is 0 Å². The lowest BCUT2D eigenvalue weighted by atomic mass is 10.2. The number of alkyl carbamates (subject to hydrolysis) is 1. The number of aliphatic hydroxyl groups excluding tert-OH is 1. The highest BCUT2D eigenvalue weighted by molar-refractivity contribution is 5.89. The van der Waals surface area contributed by atoms with Crippen molar-refractivity contribution in [3.63, 3.8) is 0 Å². The van der Waals surface area contributed by atoms with Crippen LogP contribution in [0.4, 0.5) is 4.79 Å². The third-order valence-electron chi connectivity index (χ3n) is 1.75. The molecule has 110 valence electrons. The molecular weight excluding hydrogens is 258 g/mol. The van der Waals surface area contributed by atoms with Gasteiger partial charge in [-0.05, 0) is 20.8 Å². The lowest BCUT2D eigenvalue weighted by molar-refractivity contribution is -0.142. The number of carbonyl (C=O) groups is 3. The van der Waals surface area contributed by atoms with E-state index in [1.807, 2.05) is 5.32 Å². The highest BCUT2D eigenvalue weighted by atomic mass is 16.6. The van der Waals surface area contributed by atoms with Crippen molar-refractivity contribution < 1.29 is 29.3 Å². The van der Waals surface area contributed by atoms with E-state index in [0.29, 0.717) is 0 Å². The van der Waals surface area contributed by atoms with E-state index < -0.39 is 42.4 Å². The molecule has 0 saturated heterocycles. The van der Waals surface area contributed by atoms with Crippen LogP contribution < -0.4 is 16.4 Å². The van der Waals surface area contributed by atoms with Gasteiger partial charge in [0.1, 0.15) is 11.6 Å². The van der Waals surface area contributed by atoms with Crippen molar-refractivity contribution in [2.45, 2.75) is 38.6 Å². The number of rotatable bonds is 5. The van der Waals surface area contributed by atoms with Crippen LogP contribution in [0.5, 0.6) is 0 Å². The van der Waals surface area contributed by atoms with Gasteiger partial charge < -0.3 is 31.3 Å². The Morgan fingerprint density at radius 1 is 1.26 bits per heavy atom. The number of ether oxygens (including phenoxy) is 1. The molecule has 2 atom stereocenters. The SMILES string of the molecule is CC(C)(C)OC(=O)N[C@H](CO)C(=O)N[C@H](N)C(=O)O. The molecule has 0 aliphatic rings. The maximum atomic E-state index is 11.5. The van der Waals surface area contributed by atoms with Crippen molar-refractivity contribution in [1.29, 1.82) is 0 Å². The summed E-state index contributed by atoms with van der Waals surface area (Å²) in [5, 5.41) is 21.5. The number of aliphatic hydroxyl groups is 1. The molecule has 9 nitrogen and oxygen atoms in total. The normalized spacial score (nSPS) is 14.2. The van der Waals surface area contributed by atoms with Gasteiger partial charge in [-0.25, -0.2) is 9.59 Å². The third kappa shape index (κ3) is 7.21. The number of carbonyl (C=O) groups excluding carboxylic acids is 2. The predicted molar refractivity (Wildman–Crippen MR) is 64.0 cm³/mol. The summed E-state index contributed by atoms with van der Waals surface area (Å²) in [4.78, 5) is 33.3. The van der Waals surface area contributed by atoms with Crippen LogP contribution in [0.3, 0.4) is 0 Å². The summed E-state index contributed by atoms with van der Waals surface area (Å²) in [5.74, 6) is -2.37. The Hall–Kier alpha value is -1.87. The number of aliphatic carboxylic acids is 1. The molecule has 0 spiro atoms. The fourth-order valence-corrected chi connectivity index (χ4v) is 0.960. The lowest BCUT2D eigenvalue weighted by Gasteiger charge is -2.22. The number of nitrogens with two attached hydrogens (primary N) is 1. The molecule has 0 fully saturated rings. The Morgan fingerprint density at radius 2 is 1.79 bits per heavy atom. The van der Waals surface area contributed by atoms with Crippen LogP contribution in [0.1, 0.15) is 20.8 Å². The van der Waals surface area contributed by atoms with Gasteiger partial charge in [0.15, 0.2) is 6.17 Å². The molecule has 19 heavy (non-hydrogen) atoms. The smallest absolute Gasteiger partial charge is 0.408 e. The van der Waals surface area contributed by atoms with E-state index in [2.05, 4.69) is 5.32 Å². The minimum Gasteiger partial charge on any atom is -0.479 e. The summed E-state index contributed by atoms with van der Waals surface area (Å²) < 4.78 is 4.88. The summed E-state index contributed by atoms with van der Waals surface area (Å²) in [7, 11) is 0. The average Bonchev–Trinajstić information content (AvgIpc) is 2.22. The maximum absolute atomic E-state index is 11.5. The Bertz CT molecular complexity index is 352. The first kappa shape index (κ1) is 17.1. The fourth-order valence-electron chi connectivity index (χ4n) is 0.960. The van der Waals surface area contributed by atoms with Gasteiger partial charge in [-0.3, -0.25) is 4.79 Å². The fraction of sp³-hybridized carbons (Fsp3) is 0.700. The van der Waals surface area contributed by atoms with Gasteiger partial charge in [-0.1, -0.05) is 0 Å². The van der Waals surface area contributed by atoms with Crippen LogP contribution in [0.15, 0.2) is 0 Å². The molecule has 2 amide bonds. The van der Waals surface area contributed by atoms with E-state index in [1.54, 1.807) is 20.8 Å². The second-order valence-electron chi connectivity index (χ2n) is 4.71. The predicted octanol–water partition coefficient (Wildman–Crippen LogP) is -1.64. The van der Waals surface area contributed by atoms with Crippen molar-refractivity contribution >= 4 is 18.0 Å². The maximum Gasteiger partial charge on any atom is 0.408 e. The zero-order valence-electron chi connectivity index (χ0n) is 11.0. The largest absolute Gasteiger partial charge is 0.479 e. The second-order valence-corrected chi connectivity index (χ2v) is 4.71. The number of hydrogen-bond donors (Lipinski definition) is 5. The van der Waals surface area contributed by atoms with Gasteiger partial charge in [0.25, 0.3) is 0 Å². The minimum absolute atomic E-state index is 0.725. The summed E-state index contributed by atoms with van der Waals surface area (Å²) >= 11 is 0. The van der Waals surface area contributed by atoms with Crippen molar-refractivity contribution in [2.24, 2.45) is 5.73 Å². The van der Waals surface area contributed by atoms with Gasteiger partial charge in [-0.2, -0.15) is 0 Å². The molecule has 0 unspecified atom stereocenters. The Balaban J connectivity index is 4.46. The quantitative estimate of drug-likeness (QED) is 0.378. The van der Waals surface area contributed by atoms with Gasteiger partial charge in [0, 0.05) is 0 Å². The van der Waals surface area contributed by atoms with Crippen molar-refractivity contribution in [3.8, 4) is 0 Å². The van der Waals surface area contributed by atoms with Crippen molar-refractivity contribution in [1.82, 2.24) is 10.6 Å². The molecule has 6 N–H and O–H groups in total. The van der Waals surface area contributed by atoms with E-state index in [9.17, 15) is 14.4 Å². The average molecular weight is 277 g/mol. The molecule has 9 heteroatoms. The number of nitrogens with one attached hydrogen (secondary N) is 2. The first-order chi connectivity index (χ1) is 8.56. The standard InChI is InChI=1S/C10H19N3O6/c1-10(2,3)19-9(18)12-5(4-14)7(15)13-6(11)8(16)17/h5-6,14H,4,11H2,1-3H3,(H,12,18)(H,13,15)(H,16,17)/t5-,6+/m1/s1. The Morgan fingerprint density at radius 3 is 2.16 bits per heavy atom. The molecule has 0 saturated carbocycles. The molecule has 0 aromatic rings. The second kappa shape index (κ2) is 6.90. The van der Waals surface area contributed by atoms with Crippen LogP contribution in [-0.2, 0) is 14.3 Å². The Kier molecular flexibility index (Phi) is 6.22. The van der Waals surface area contributed by atoms with E-state index in [4.69, 9.17) is 20.7 Å².